The second-order valence-electron chi connectivity index (χ2n) is 6.97. The number of halogens is 1. The Kier molecular flexibility index (Phi) is 6.15. The maximum absolute atomic E-state index is 12.8. The van der Waals surface area contributed by atoms with E-state index in [9.17, 15) is 4.79 Å². The van der Waals surface area contributed by atoms with Crippen molar-refractivity contribution in [3.63, 3.8) is 0 Å². The van der Waals surface area contributed by atoms with Crippen molar-refractivity contribution >= 4 is 17.5 Å². The molecule has 148 valence electrons. The van der Waals surface area contributed by atoms with E-state index in [1.54, 1.807) is 34.0 Å². The van der Waals surface area contributed by atoms with E-state index < -0.39 is 0 Å². The van der Waals surface area contributed by atoms with Crippen molar-refractivity contribution in [3.8, 4) is 17.3 Å². The topological polar surface area (TPSA) is 90.6 Å². The first-order valence-electron chi connectivity index (χ1n) is 9.09. The fourth-order valence-electron chi connectivity index (χ4n) is 2.92. The molecule has 3 aromatic rings. The molecule has 2 heterocycles. The number of amides is 1. The number of aromatic nitrogens is 4. The van der Waals surface area contributed by atoms with E-state index in [0.717, 1.165) is 16.8 Å². The van der Waals surface area contributed by atoms with Crippen LogP contribution >= 0.6 is 11.6 Å². The number of nitrogens with zero attached hydrogens (tertiary/aromatic N) is 5. The third-order valence-electron chi connectivity index (χ3n) is 4.32. The van der Waals surface area contributed by atoms with Crippen LogP contribution in [0, 0.1) is 11.3 Å². The molecular formula is C21H21ClN6O. The van der Waals surface area contributed by atoms with E-state index in [0.29, 0.717) is 22.8 Å². The van der Waals surface area contributed by atoms with E-state index in [1.807, 2.05) is 51.4 Å². The Labute approximate surface area is 174 Å². The van der Waals surface area contributed by atoms with Crippen molar-refractivity contribution < 1.29 is 4.79 Å². The number of H-pyrrole nitrogens is 1. The summed E-state index contributed by atoms with van der Waals surface area (Å²) in [7, 11) is 0. The van der Waals surface area contributed by atoms with Gasteiger partial charge in [-0.25, -0.2) is 0 Å². The van der Waals surface area contributed by atoms with Gasteiger partial charge < -0.3 is 4.90 Å². The zero-order chi connectivity index (χ0) is 21.0. The standard InChI is InChI=1S/C21H21ClN6O/c1-14(2)12-28(21(29)20-6-8-24-25-20)15(3)13-27-9-7-19(26-27)16-4-5-17(11-23)18(22)10-16/h4-10,12,15H,13H2,1-3H3,(H,24,25)/t15-/m0/s1. The maximum Gasteiger partial charge on any atom is 0.276 e. The highest BCUT2D eigenvalue weighted by atomic mass is 35.5. The first kappa shape index (κ1) is 20.4. The minimum absolute atomic E-state index is 0.141. The Morgan fingerprint density at radius 2 is 2.17 bits per heavy atom. The summed E-state index contributed by atoms with van der Waals surface area (Å²) in [6.45, 7) is 6.36. The van der Waals surface area contributed by atoms with Crippen molar-refractivity contribution in [3.05, 3.63) is 70.8 Å². The fraction of sp³-hybridized carbons (Fsp3) is 0.238. The van der Waals surface area contributed by atoms with Crippen molar-refractivity contribution in [2.24, 2.45) is 0 Å². The molecule has 0 spiro atoms. The first-order chi connectivity index (χ1) is 13.9. The number of carbonyl (C=O) groups is 1. The van der Waals surface area contributed by atoms with Gasteiger partial charge in [0.15, 0.2) is 0 Å². The van der Waals surface area contributed by atoms with Gasteiger partial charge in [-0.1, -0.05) is 23.2 Å². The monoisotopic (exact) mass is 408 g/mol. The Hall–Kier alpha value is -3.37. The Morgan fingerprint density at radius 3 is 2.79 bits per heavy atom. The average molecular weight is 409 g/mol. The molecule has 0 aliphatic carbocycles. The number of benzene rings is 1. The molecule has 7 nitrogen and oxygen atoms in total. The van der Waals surface area contributed by atoms with Gasteiger partial charge in [-0.3, -0.25) is 14.6 Å². The van der Waals surface area contributed by atoms with Crippen LogP contribution in [0.3, 0.4) is 0 Å². The summed E-state index contributed by atoms with van der Waals surface area (Å²) in [5.74, 6) is -0.151. The van der Waals surface area contributed by atoms with Crippen molar-refractivity contribution in [1.29, 1.82) is 5.26 Å². The third kappa shape index (κ3) is 4.73. The zero-order valence-electron chi connectivity index (χ0n) is 16.4. The second kappa shape index (κ2) is 8.76. The molecule has 1 N–H and O–H groups in total. The summed E-state index contributed by atoms with van der Waals surface area (Å²) in [6, 6.07) is 10.7. The van der Waals surface area contributed by atoms with Crippen LogP contribution in [-0.4, -0.2) is 36.8 Å². The summed E-state index contributed by atoms with van der Waals surface area (Å²) >= 11 is 6.13. The summed E-state index contributed by atoms with van der Waals surface area (Å²) in [6.07, 6.45) is 5.25. The molecule has 0 saturated heterocycles. The van der Waals surface area contributed by atoms with Gasteiger partial charge in [-0.2, -0.15) is 15.5 Å². The Morgan fingerprint density at radius 1 is 1.38 bits per heavy atom. The van der Waals surface area contributed by atoms with Gasteiger partial charge >= 0.3 is 0 Å². The van der Waals surface area contributed by atoms with Gasteiger partial charge in [0.25, 0.3) is 5.91 Å². The normalized spacial score (nSPS) is 11.6. The lowest BCUT2D eigenvalue weighted by molar-refractivity contribution is 0.0758. The summed E-state index contributed by atoms with van der Waals surface area (Å²) in [5.41, 5.74) is 3.45. The predicted octanol–water partition coefficient (Wildman–Crippen LogP) is 4.25. The number of hydrogen-bond donors (Lipinski definition) is 1. The molecule has 3 rings (SSSR count). The second-order valence-corrected chi connectivity index (χ2v) is 7.37. The SMILES string of the molecule is CC(C)=CN(C(=O)c1ccn[nH]1)[C@@H](C)Cn1ccc(-c2ccc(C#N)c(Cl)c2)n1. The van der Waals surface area contributed by atoms with Crippen LogP contribution in [0.2, 0.25) is 5.02 Å². The number of nitriles is 1. The molecule has 0 aliphatic rings. The molecule has 8 heteroatoms. The molecule has 0 aliphatic heterocycles. The first-order valence-corrected chi connectivity index (χ1v) is 9.47. The van der Waals surface area contributed by atoms with Gasteiger partial charge in [0.2, 0.25) is 0 Å². The van der Waals surface area contributed by atoms with Crippen molar-refractivity contribution in [2.45, 2.75) is 33.4 Å². The molecule has 2 aromatic heterocycles. The molecular weight excluding hydrogens is 388 g/mol. The predicted molar refractivity (Wildman–Crippen MR) is 111 cm³/mol. The quantitative estimate of drug-likeness (QED) is 0.659. The highest BCUT2D eigenvalue weighted by molar-refractivity contribution is 6.32. The zero-order valence-corrected chi connectivity index (χ0v) is 17.2. The molecule has 0 bridgehead atoms. The fourth-order valence-corrected chi connectivity index (χ4v) is 3.14. The van der Waals surface area contributed by atoms with Crippen LogP contribution in [-0.2, 0) is 6.54 Å². The smallest absolute Gasteiger partial charge is 0.276 e. The van der Waals surface area contributed by atoms with Crippen LogP contribution in [0.15, 0.2) is 54.5 Å². The Bertz CT molecular complexity index is 1070. The summed E-state index contributed by atoms with van der Waals surface area (Å²) in [5, 5.41) is 20.6. The maximum atomic E-state index is 12.8. The molecule has 0 fully saturated rings. The van der Waals surface area contributed by atoms with Crippen molar-refractivity contribution in [1.82, 2.24) is 24.9 Å². The van der Waals surface area contributed by atoms with Crippen LogP contribution < -0.4 is 0 Å². The van der Waals surface area contributed by atoms with E-state index in [2.05, 4.69) is 15.3 Å². The van der Waals surface area contributed by atoms with E-state index in [1.165, 1.54) is 0 Å². The lowest BCUT2D eigenvalue weighted by atomic mass is 10.1. The molecule has 0 saturated carbocycles. The summed E-state index contributed by atoms with van der Waals surface area (Å²) < 4.78 is 1.79. The van der Waals surface area contributed by atoms with Gasteiger partial charge in [0.05, 0.1) is 28.9 Å². The van der Waals surface area contributed by atoms with Gasteiger partial charge in [-0.05, 0) is 45.0 Å². The summed E-state index contributed by atoms with van der Waals surface area (Å²) in [4.78, 5) is 14.5. The average Bonchev–Trinajstić information content (AvgIpc) is 3.37. The minimum Gasteiger partial charge on any atom is -0.309 e. The van der Waals surface area contributed by atoms with Crippen molar-refractivity contribution in [2.75, 3.05) is 0 Å². The molecule has 1 atom stereocenters. The number of rotatable bonds is 6. The largest absolute Gasteiger partial charge is 0.309 e. The van der Waals surface area contributed by atoms with E-state index in [4.69, 9.17) is 16.9 Å². The van der Waals surface area contributed by atoms with Crippen LogP contribution in [0.25, 0.3) is 11.3 Å². The highest BCUT2D eigenvalue weighted by Gasteiger charge is 2.21. The highest BCUT2D eigenvalue weighted by Crippen LogP contribution is 2.24. The molecule has 0 radical (unpaired) electrons. The van der Waals surface area contributed by atoms with Gasteiger partial charge in [0, 0.05) is 24.2 Å². The molecule has 1 aromatic carbocycles. The molecule has 1 amide bonds. The lowest BCUT2D eigenvalue weighted by Gasteiger charge is -2.26. The molecule has 0 unspecified atom stereocenters. The van der Waals surface area contributed by atoms with Gasteiger partial charge in [-0.15, -0.1) is 0 Å². The lowest BCUT2D eigenvalue weighted by Crippen LogP contribution is -2.37. The van der Waals surface area contributed by atoms with E-state index in [-0.39, 0.29) is 11.9 Å². The number of allylic oxidation sites excluding steroid dienone is 1. The number of aromatic amines is 1. The van der Waals surface area contributed by atoms with Crippen LogP contribution in [0.5, 0.6) is 0 Å². The Balaban J connectivity index is 1.80. The number of nitrogens with one attached hydrogen (secondary N) is 1. The van der Waals surface area contributed by atoms with Gasteiger partial charge in [0.1, 0.15) is 11.8 Å². The third-order valence-corrected chi connectivity index (χ3v) is 4.63. The van der Waals surface area contributed by atoms with Crippen LogP contribution in [0.1, 0.15) is 36.8 Å². The van der Waals surface area contributed by atoms with Crippen LogP contribution in [0.4, 0.5) is 0 Å². The minimum atomic E-state index is -0.151. The number of carbonyl (C=O) groups excluding carboxylic acids is 1. The van der Waals surface area contributed by atoms with E-state index >= 15 is 0 Å². The molecule has 29 heavy (non-hydrogen) atoms. The number of hydrogen-bond acceptors (Lipinski definition) is 4.